The van der Waals surface area contributed by atoms with Crippen molar-refractivity contribution in [3.05, 3.63) is 52.0 Å². The first-order valence-electron chi connectivity index (χ1n) is 7.20. The number of aromatic hydroxyl groups is 1. The third-order valence-electron chi connectivity index (χ3n) is 3.48. The summed E-state index contributed by atoms with van der Waals surface area (Å²) in [6.07, 6.45) is 0. The highest BCUT2D eigenvalue weighted by molar-refractivity contribution is 7.73. The van der Waals surface area contributed by atoms with Gasteiger partial charge in [-0.15, -0.1) is 0 Å². The minimum Gasteiger partial charge on any atom is -0.508 e. The predicted molar refractivity (Wildman–Crippen MR) is 97.3 cm³/mol. The van der Waals surface area contributed by atoms with E-state index in [9.17, 15) is 9.90 Å². The summed E-state index contributed by atoms with van der Waals surface area (Å²) in [7, 11) is 3.11. The van der Waals surface area contributed by atoms with Crippen molar-refractivity contribution in [1.29, 1.82) is 0 Å². The summed E-state index contributed by atoms with van der Waals surface area (Å²) in [6, 6.07) is 11.3. The first kappa shape index (κ1) is 17.1. The van der Waals surface area contributed by atoms with Gasteiger partial charge in [0.15, 0.2) is 15.5 Å². The van der Waals surface area contributed by atoms with E-state index in [0.717, 1.165) is 5.56 Å². The van der Waals surface area contributed by atoms with E-state index in [0.29, 0.717) is 26.0 Å². The van der Waals surface area contributed by atoms with Gasteiger partial charge in [-0.25, -0.2) is 0 Å². The number of hydrogen-bond acceptors (Lipinski definition) is 7. The van der Waals surface area contributed by atoms with Crippen molar-refractivity contribution in [3.8, 4) is 27.8 Å². The van der Waals surface area contributed by atoms with Gasteiger partial charge in [-0.2, -0.15) is 9.78 Å². The van der Waals surface area contributed by atoms with Gasteiger partial charge in [-0.3, -0.25) is 4.79 Å². The molecule has 0 aliphatic carbocycles. The number of nitrogens with zero attached hydrogens (tertiary/aromatic N) is 2. The SMILES string of the molecule is COc1ccc(-c2nn(C(=O)c3ccc(O)cc3)c(=S)s2)cc1OC. The Morgan fingerprint density at radius 2 is 1.80 bits per heavy atom. The molecule has 0 atom stereocenters. The topological polar surface area (TPSA) is 73.6 Å². The molecule has 3 rings (SSSR count). The van der Waals surface area contributed by atoms with Crippen LogP contribution in [0.25, 0.3) is 10.6 Å². The second-order valence-electron chi connectivity index (χ2n) is 5.01. The number of ether oxygens (including phenoxy) is 2. The van der Waals surface area contributed by atoms with E-state index in [1.165, 1.54) is 40.3 Å². The number of rotatable bonds is 4. The molecule has 0 saturated carbocycles. The summed E-state index contributed by atoms with van der Waals surface area (Å²) in [5, 5.41) is 14.3. The molecule has 128 valence electrons. The zero-order chi connectivity index (χ0) is 18.0. The lowest BCUT2D eigenvalue weighted by atomic mass is 10.2. The summed E-state index contributed by atoms with van der Waals surface area (Å²) < 4.78 is 12.0. The Bertz CT molecular complexity index is 977. The van der Waals surface area contributed by atoms with Crippen LogP contribution in [0.1, 0.15) is 10.4 Å². The Morgan fingerprint density at radius 1 is 1.12 bits per heavy atom. The third kappa shape index (κ3) is 3.40. The minimum atomic E-state index is -0.354. The van der Waals surface area contributed by atoms with Gasteiger partial charge in [-0.05, 0) is 54.7 Å². The molecule has 0 fully saturated rings. The molecule has 0 amide bonds. The molecule has 0 bridgehead atoms. The fourth-order valence-electron chi connectivity index (χ4n) is 2.22. The Balaban J connectivity index is 1.99. The molecule has 0 aliphatic rings. The second-order valence-corrected chi connectivity index (χ2v) is 6.63. The number of hydrogen-bond donors (Lipinski definition) is 1. The third-order valence-corrected chi connectivity index (χ3v) is 4.77. The summed E-state index contributed by atoms with van der Waals surface area (Å²) in [6.45, 7) is 0. The van der Waals surface area contributed by atoms with E-state index in [2.05, 4.69) is 5.10 Å². The quantitative estimate of drug-likeness (QED) is 0.701. The molecular formula is C17H14N2O4S2. The van der Waals surface area contributed by atoms with Crippen LogP contribution in [0.2, 0.25) is 0 Å². The van der Waals surface area contributed by atoms with Crippen LogP contribution < -0.4 is 9.47 Å². The fraction of sp³-hybridized carbons (Fsp3) is 0.118. The Kier molecular flexibility index (Phi) is 4.82. The average molecular weight is 374 g/mol. The highest BCUT2D eigenvalue weighted by atomic mass is 32.1. The van der Waals surface area contributed by atoms with Crippen LogP contribution in [-0.4, -0.2) is 35.0 Å². The number of carbonyl (C=O) groups is 1. The summed E-state index contributed by atoms with van der Waals surface area (Å²) in [4.78, 5) is 12.6. The smallest absolute Gasteiger partial charge is 0.280 e. The van der Waals surface area contributed by atoms with Crippen molar-refractivity contribution in [3.63, 3.8) is 0 Å². The molecule has 0 radical (unpaired) electrons. The van der Waals surface area contributed by atoms with Gasteiger partial charge in [0.05, 0.1) is 14.2 Å². The largest absolute Gasteiger partial charge is 0.508 e. The maximum absolute atomic E-state index is 12.6. The van der Waals surface area contributed by atoms with Crippen LogP contribution in [0.4, 0.5) is 0 Å². The molecule has 1 heterocycles. The molecule has 25 heavy (non-hydrogen) atoms. The molecule has 0 saturated heterocycles. The van der Waals surface area contributed by atoms with Crippen LogP contribution in [-0.2, 0) is 0 Å². The zero-order valence-electron chi connectivity index (χ0n) is 13.4. The van der Waals surface area contributed by atoms with Gasteiger partial charge in [0.25, 0.3) is 5.91 Å². The van der Waals surface area contributed by atoms with Crippen molar-refractivity contribution in [2.24, 2.45) is 0 Å². The van der Waals surface area contributed by atoms with Crippen LogP contribution in [0.15, 0.2) is 42.5 Å². The summed E-state index contributed by atoms with van der Waals surface area (Å²) >= 11 is 6.50. The Hall–Kier alpha value is -2.71. The average Bonchev–Trinajstić information content (AvgIpc) is 3.02. The van der Waals surface area contributed by atoms with E-state index < -0.39 is 0 Å². The monoisotopic (exact) mass is 374 g/mol. The van der Waals surface area contributed by atoms with E-state index in [1.54, 1.807) is 26.4 Å². The second kappa shape index (κ2) is 7.04. The standard InChI is InChI=1S/C17H14N2O4S2/c1-22-13-8-5-11(9-14(13)23-2)15-18-19(17(24)25-15)16(21)10-3-6-12(20)7-4-10/h3-9,20H,1-2H3. The number of phenolic OH excluding ortho intramolecular Hbond substituents is 1. The minimum absolute atomic E-state index is 0.0874. The maximum Gasteiger partial charge on any atom is 0.280 e. The van der Waals surface area contributed by atoms with E-state index in [-0.39, 0.29) is 11.7 Å². The number of methoxy groups -OCH3 is 2. The van der Waals surface area contributed by atoms with Crippen LogP contribution >= 0.6 is 23.6 Å². The lowest BCUT2D eigenvalue weighted by molar-refractivity contribution is 0.0944. The normalized spacial score (nSPS) is 10.5. The number of phenols is 1. The molecule has 0 unspecified atom stereocenters. The molecular weight excluding hydrogens is 360 g/mol. The van der Waals surface area contributed by atoms with Crippen molar-refractivity contribution >= 4 is 29.5 Å². The van der Waals surface area contributed by atoms with Crippen LogP contribution in [0.3, 0.4) is 0 Å². The van der Waals surface area contributed by atoms with Crippen molar-refractivity contribution in [1.82, 2.24) is 9.78 Å². The van der Waals surface area contributed by atoms with E-state index in [4.69, 9.17) is 21.7 Å². The first-order valence-corrected chi connectivity index (χ1v) is 8.42. The molecule has 0 aliphatic heterocycles. The number of aromatic nitrogens is 2. The summed E-state index contributed by atoms with van der Waals surface area (Å²) in [5.74, 6) is 0.907. The molecule has 0 spiro atoms. The van der Waals surface area contributed by atoms with Crippen molar-refractivity contribution in [2.45, 2.75) is 0 Å². The van der Waals surface area contributed by atoms with Crippen molar-refractivity contribution < 1.29 is 19.4 Å². The number of carbonyl (C=O) groups excluding carboxylic acids is 1. The molecule has 2 aromatic carbocycles. The molecule has 6 nitrogen and oxygen atoms in total. The van der Waals surface area contributed by atoms with E-state index >= 15 is 0 Å². The highest BCUT2D eigenvalue weighted by Gasteiger charge is 2.16. The molecule has 3 aromatic rings. The lowest BCUT2D eigenvalue weighted by Gasteiger charge is -2.08. The molecule has 8 heteroatoms. The van der Waals surface area contributed by atoms with Crippen LogP contribution in [0, 0.1) is 3.95 Å². The molecule has 1 aromatic heterocycles. The highest BCUT2D eigenvalue weighted by Crippen LogP contribution is 2.33. The summed E-state index contributed by atoms with van der Waals surface area (Å²) in [5.41, 5.74) is 1.16. The zero-order valence-corrected chi connectivity index (χ0v) is 15.1. The van der Waals surface area contributed by atoms with Crippen molar-refractivity contribution in [2.75, 3.05) is 14.2 Å². The van der Waals surface area contributed by atoms with Gasteiger partial charge < -0.3 is 14.6 Å². The maximum atomic E-state index is 12.6. The van der Waals surface area contributed by atoms with Gasteiger partial charge in [0, 0.05) is 11.1 Å². The van der Waals surface area contributed by atoms with Crippen LogP contribution in [0.5, 0.6) is 17.2 Å². The van der Waals surface area contributed by atoms with Gasteiger partial charge >= 0.3 is 0 Å². The molecule has 1 N–H and O–H groups in total. The Morgan fingerprint density at radius 3 is 2.44 bits per heavy atom. The number of benzene rings is 2. The van der Waals surface area contributed by atoms with E-state index in [1.807, 2.05) is 6.07 Å². The van der Waals surface area contributed by atoms with Gasteiger partial charge in [0.1, 0.15) is 10.8 Å². The lowest BCUT2D eigenvalue weighted by Crippen LogP contribution is -2.13. The Labute approximate surface area is 152 Å². The van der Waals surface area contributed by atoms with Gasteiger partial charge in [0.2, 0.25) is 0 Å². The van der Waals surface area contributed by atoms with Gasteiger partial charge in [-0.1, -0.05) is 11.3 Å². The first-order chi connectivity index (χ1) is 12.0. The fourth-order valence-corrected chi connectivity index (χ4v) is 3.32. The predicted octanol–water partition coefficient (Wildman–Crippen LogP) is 3.75.